The van der Waals surface area contributed by atoms with Crippen LogP contribution in [0.15, 0.2) is 77.8 Å². The van der Waals surface area contributed by atoms with Gasteiger partial charge in [-0.15, -0.1) is 0 Å². The maximum absolute atomic E-state index is 13.3. The molecule has 1 amide bonds. The van der Waals surface area contributed by atoms with Crippen LogP contribution >= 0.6 is 23.2 Å². The Morgan fingerprint density at radius 1 is 1.11 bits per heavy atom. The molecule has 1 aliphatic heterocycles. The van der Waals surface area contributed by atoms with Crippen molar-refractivity contribution in [3.05, 3.63) is 99.5 Å². The van der Waals surface area contributed by atoms with Gasteiger partial charge in [-0.3, -0.25) is 10.2 Å². The lowest BCUT2D eigenvalue weighted by Gasteiger charge is -2.30. The summed E-state index contributed by atoms with van der Waals surface area (Å²) < 4.78 is 11.9. The summed E-state index contributed by atoms with van der Waals surface area (Å²) in [7, 11) is 0. The van der Waals surface area contributed by atoms with Crippen molar-refractivity contribution in [2.75, 3.05) is 13.2 Å². The number of aliphatic hydroxyl groups is 1. The maximum Gasteiger partial charge on any atom is 0.266 e. The predicted octanol–water partition coefficient (Wildman–Crippen LogP) is 4.24. The van der Waals surface area contributed by atoms with Crippen LogP contribution in [0.5, 0.6) is 5.75 Å². The molecule has 4 rings (SSSR count). The van der Waals surface area contributed by atoms with E-state index in [1.807, 2.05) is 30.3 Å². The summed E-state index contributed by atoms with van der Waals surface area (Å²) >= 11 is 12.7. The SMILES string of the molecule is NNC(=O)[C@@]1(Cc2ccccc2)N=C(c2ccc(OCCCO)cc2)O[C@H]1c1ccc(Cl)cc1Cl. The van der Waals surface area contributed by atoms with Crippen LogP contribution in [0.25, 0.3) is 0 Å². The minimum atomic E-state index is -1.42. The predicted molar refractivity (Wildman–Crippen MR) is 136 cm³/mol. The molecule has 0 bridgehead atoms. The topological polar surface area (TPSA) is 106 Å². The first-order valence-corrected chi connectivity index (χ1v) is 11.8. The van der Waals surface area contributed by atoms with Crippen molar-refractivity contribution >= 4 is 35.0 Å². The Morgan fingerprint density at radius 2 is 1.86 bits per heavy atom. The second-order valence-corrected chi connectivity index (χ2v) is 8.93. The molecule has 0 spiro atoms. The highest BCUT2D eigenvalue weighted by Gasteiger charge is 2.53. The number of hydrogen-bond donors (Lipinski definition) is 3. The van der Waals surface area contributed by atoms with Gasteiger partial charge in [0.15, 0.2) is 11.6 Å². The lowest BCUT2D eigenvalue weighted by atomic mass is 9.82. The molecular weight excluding hydrogens is 489 g/mol. The van der Waals surface area contributed by atoms with Crippen LogP contribution < -0.4 is 16.0 Å². The number of nitrogens with zero attached hydrogens (tertiary/aromatic N) is 1. The Kier molecular flexibility index (Phi) is 7.93. The summed E-state index contributed by atoms with van der Waals surface area (Å²) in [6.07, 6.45) is -0.0876. The van der Waals surface area contributed by atoms with Gasteiger partial charge in [-0.1, -0.05) is 59.6 Å². The van der Waals surface area contributed by atoms with E-state index in [2.05, 4.69) is 5.43 Å². The van der Waals surface area contributed by atoms with Gasteiger partial charge in [-0.2, -0.15) is 0 Å². The zero-order chi connectivity index (χ0) is 24.8. The van der Waals surface area contributed by atoms with E-state index in [0.717, 1.165) is 5.56 Å². The largest absolute Gasteiger partial charge is 0.494 e. The number of amides is 1. The number of nitrogens with two attached hydrogens (primary N) is 1. The molecule has 2 atom stereocenters. The van der Waals surface area contributed by atoms with Gasteiger partial charge < -0.3 is 14.6 Å². The van der Waals surface area contributed by atoms with Crippen LogP contribution in [0.2, 0.25) is 10.0 Å². The summed E-state index contributed by atoms with van der Waals surface area (Å²) in [5.41, 5.74) is 2.97. The quantitative estimate of drug-likeness (QED) is 0.171. The fourth-order valence-electron chi connectivity index (χ4n) is 4.01. The molecule has 0 aromatic heterocycles. The fraction of sp³-hybridized carbons (Fsp3) is 0.231. The second kappa shape index (κ2) is 11.1. The third kappa shape index (κ3) is 5.44. The third-order valence-electron chi connectivity index (χ3n) is 5.72. The summed E-state index contributed by atoms with van der Waals surface area (Å²) in [5, 5.41) is 9.75. The molecule has 1 heterocycles. The third-order valence-corrected chi connectivity index (χ3v) is 6.28. The molecule has 4 N–H and O–H groups in total. The van der Waals surface area contributed by atoms with E-state index in [-0.39, 0.29) is 18.9 Å². The Morgan fingerprint density at radius 3 is 2.51 bits per heavy atom. The summed E-state index contributed by atoms with van der Waals surface area (Å²) in [6.45, 7) is 0.464. The van der Waals surface area contributed by atoms with E-state index in [9.17, 15) is 4.79 Å². The number of carbonyl (C=O) groups is 1. The molecule has 0 saturated carbocycles. The van der Waals surface area contributed by atoms with Gasteiger partial charge in [0.2, 0.25) is 5.90 Å². The Hall–Kier alpha value is -3.10. The Bertz CT molecular complexity index is 1200. The molecule has 3 aromatic rings. The minimum absolute atomic E-state index is 0.0596. The highest BCUT2D eigenvalue weighted by atomic mass is 35.5. The Balaban J connectivity index is 1.77. The number of halogens is 2. The Labute approximate surface area is 213 Å². The van der Waals surface area contributed by atoms with Crippen molar-refractivity contribution in [2.45, 2.75) is 24.5 Å². The average molecular weight is 514 g/mol. The molecule has 0 unspecified atom stereocenters. The van der Waals surface area contributed by atoms with Gasteiger partial charge in [0.1, 0.15) is 5.75 Å². The van der Waals surface area contributed by atoms with Crippen molar-refractivity contribution in [1.82, 2.24) is 5.43 Å². The molecule has 7 nitrogen and oxygen atoms in total. The summed E-state index contributed by atoms with van der Waals surface area (Å²) in [5.74, 6) is 6.07. The van der Waals surface area contributed by atoms with Crippen molar-refractivity contribution < 1.29 is 19.4 Å². The zero-order valence-electron chi connectivity index (χ0n) is 18.8. The summed E-state index contributed by atoms with van der Waals surface area (Å²) in [4.78, 5) is 18.2. The van der Waals surface area contributed by atoms with Gasteiger partial charge in [-0.25, -0.2) is 10.8 Å². The number of benzene rings is 3. The van der Waals surface area contributed by atoms with Crippen molar-refractivity contribution in [1.29, 1.82) is 0 Å². The number of hydrogen-bond acceptors (Lipinski definition) is 6. The van der Waals surface area contributed by atoms with E-state index in [4.69, 9.17) is 48.6 Å². The molecule has 1 aliphatic rings. The van der Waals surface area contributed by atoms with E-state index in [1.165, 1.54) is 0 Å². The monoisotopic (exact) mass is 513 g/mol. The number of ether oxygens (including phenoxy) is 2. The fourth-order valence-corrected chi connectivity index (χ4v) is 4.51. The molecule has 0 saturated heterocycles. The molecule has 3 aromatic carbocycles. The highest BCUT2D eigenvalue weighted by Crippen LogP contribution is 2.44. The molecule has 0 aliphatic carbocycles. The molecule has 0 radical (unpaired) electrons. The smallest absolute Gasteiger partial charge is 0.266 e. The van der Waals surface area contributed by atoms with Crippen molar-refractivity contribution in [3.8, 4) is 5.75 Å². The van der Waals surface area contributed by atoms with Crippen LogP contribution in [0.3, 0.4) is 0 Å². The zero-order valence-corrected chi connectivity index (χ0v) is 20.3. The normalized spacial score (nSPS) is 19.1. The second-order valence-electron chi connectivity index (χ2n) is 8.09. The van der Waals surface area contributed by atoms with E-state index in [0.29, 0.717) is 39.9 Å². The summed E-state index contributed by atoms with van der Waals surface area (Å²) in [6, 6.07) is 21.7. The van der Waals surface area contributed by atoms with Gasteiger partial charge >= 0.3 is 0 Å². The van der Waals surface area contributed by atoms with Gasteiger partial charge in [-0.05, 0) is 42.0 Å². The molecule has 9 heteroatoms. The van der Waals surface area contributed by atoms with Crippen molar-refractivity contribution in [2.24, 2.45) is 10.8 Å². The standard InChI is InChI=1S/C26H25Cl2N3O4/c27-19-9-12-21(22(28)15-19)23-26(25(33)31-29,16-17-5-2-1-3-6-17)30-24(35-23)18-7-10-20(11-8-18)34-14-4-13-32/h1-3,5-12,15,23,32H,4,13-14,16,29H2,(H,31,33)/t23-,26-/m0/s1. The van der Waals surface area contributed by atoms with Crippen LogP contribution in [-0.2, 0) is 16.0 Å². The first-order chi connectivity index (χ1) is 17.0. The maximum atomic E-state index is 13.3. The van der Waals surface area contributed by atoms with E-state index < -0.39 is 17.6 Å². The van der Waals surface area contributed by atoms with Gasteiger partial charge in [0.05, 0.1) is 6.61 Å². The number of nitrogens with one attached hydrogen (secondary N) is 1. The minimum Gasteiger partial charge on any atom is -0.494 e. The first kappa shape index (κ1) is 25.0. The van der Waals surface area contributed by atoms with E-state index in [1.54, 1.807) is 42.5 Å². The van der Waals surface area contributed by atoms with Crippen molar-refractivity contribution in [3.63, 3.8) is 0 Å². The number of rotatable bonds is 9. The highest BCUT2D eigenvalue weighted by molar-refractivity contribution is 6.35. The van der Waals surface area contributed by atoms with Crippen LogP contribution in [0, 0.1) is 0 Å². The van der Waals surface area contributed by atoms with Crippen LogP contribution in [0.4, 0.5) is 0 Å². The van der Waals surface area contributed by atoms with Gasteiger partial charge in [0.25, 0.3) is 5.91 Å². The molecule has 182 valence electrons. The first-order valence-electron chi connectivity index (χ1n) is 11.1. The number of hydrazine groups is 1. The molecule has 35 heavy (non-hydrogen) atoms. The van der Waals surface area contributed by atoms with Crippen LogP contribution in [-0.4, -0.2) is 35.7 Å². The number of carbonyl (C=O) groups excluding carboxylic acids is 1. The molecular formula is C26H25Cl2N3O4. The van der Waals surface area contributed by atoms with E-state index >= 15 is 0 Å². The lowest BCUT2D eigenvalue weighted by Crippen LogP contribution is -2.52. The lowest BCUT2D eigenvalue weighted by molar-refractivity contribution is -0.129. The number of aliphatic hydroxyl groups excluding tert-OH is 1. The van der Waals surface area contributed by atoms with Gasteiger partial charge in [0, 0.05) is 40.6 Å². The molecule has 0 fully saturated rings. The average Bonchev–Trinajstić information content (AvgIpc) is 3.24. The number of aliphatic imine (C=N–C) groups is 1. The van der Waals surface area contributed by atoms with Crippen LogP contribution in [0.1, 0.15) is 29.2 Å².